The number of ether oxygens (including phenoxy) is 2. The van der Waals surface area contributed by atoms with Gasteiger partial charge in [0.25, 0.3) is 0 Å². The molecule has 0 bridgehead atoms. The topological polar surface area (TPSA) is 94.5 Å². The number of aromatic nitrogens is 2. The van der Waals surface area contributed by atoms with Gasteiger partial charge in [0.2, 0.25) is 0 Å². The summed E-state index contributed by atoms with van der Waals surface area (Å²) in [5.74, 6) is -0.681. The standard InChI is InChI=1S/C28H25F3N4O4/c1-35-17-20(16-33-35)24-14-21(11-12-22(24)23-5-3-4-6-25(23)39-28(29,30)31)34-27(37)32-15-19-9-7-18(8-10-19)13-26(36)38-2/h3-12,14,16-17H,13,15H2,1-2H3,(H2,32,34,37). The number of hydrogen-bond donors (Lipinski definition) is 2. The van der Waals surface area contributed by atoms with Crippen LogP contribution in [0.4, 0.5) is 23.7 Å². The Morgan fingerprint density at radius 3 is 2.33 bits per heavy atom. The Balaban J connectivity index is 1.53. The summed E-state index contributed by atoms with van der Waals surface area (Å²) in [5, 5.41) is 9.69. The van der Waals surface area contributed by atoms with E-state index in [1.54, 1.807) is 72.7 Å². The number of carbonyl (C=O) groups is 2. The van der Waals surface area contributed by atoms with Gasteiger partial charge in [0.15, 0.2) is 0 Å². The minimum Gasteiger partial charge on any atom is -0.469 e. The fourth-order valence-electron chi connectivity index (χ4n) is 3.93. The molecule has 0 saturated carbocycles. The van der Waals surface area contributed by atoms with Crippen molar-refractivity contribution >= 4 is 17.7 Å². The SMILES string of the molecule is COC(=O)Cc1ccc(CNC(=O)Nc2ccc(-c3ccccc3OC(F)(F)F)c(-c3cnn(C)c3)c2)cc1. The van der Waals surface area contributed by atoms with Crippen molar-refractivity contribution in [2.24, 2.45) is 7.05 Å². The van der Waals surface area contributed by atoms with Gasteiger partial charge in [-0.3, -0.25) is 9.48 Å². The Morgan fingerprint density at radius 1 is 0.949 bits per heavy atom. The maximum absolute atomic E-state index is 13.0. The first-order valence-corrected chi connectivity index (χ1v) is 11.8. The van der Waals surface area contributed by atoms with Gasteiger partial charge in [-0.2, -0.15) is 5.10 Å². The third-order valence-corrected chi connectivity index (χ3v) is 5.75. The van der Waals surface area contributed by atoms with Gasteiger partial charge in [-0.25, -0.2) is 4.79 Å². The highest BCUT2D eigenvalue weighted by molar-refractivity contribution is 5.93. The summed E-state index contributed by atoms with van der Waals surface area (Å²) >= 11 is 0. The molecule has 0 radical (unpaired) electrons. The molecule has 1 heterocycles. The zero-order valence-corrected chi connectivity index (χ0v) is 21.1. The molecule has 3 aromatic carbocycles. The van der Waals surface area contributed by atoms with Gasteiger partial charge in [-0.05, 0) is 40.5 Å². The number of carbonyl (C=O) groups excluding carboxylic acids is 2. The molecule has 0 atom stereocenters. The average molecular weight is 539 g/mol. The first-order valence-electron chi connectivity index (χ1n) is 11.8. The monoisotopic (exact) mass is 538 g/mol. The van der Waals surface area contributed by atoms with Gasteiger partial charge in [0.05, 0.1) is 19.7 Å². The van der Waals surface area contributed by atoms with Crippen molar-refractivity contribution in [2.45, 2.75) is 19.3 Å². The van der Waals surface area contributed by atoms with E-state index in [2.05, 4.69) is 25.2 Å². The Labute approximate surface area is 222 Å². The number of benzene rings is 3. The maximum atomic E-state index is 13.0. The quantitative estimate of drug-likeness (QED) is 0.281. The van der Waals surface area contributed by atoms with Crippen molar-refractivity contribution in [1.82, 2.24) is 15.1 Å². The van der Waals surface area contributed by atoms with E-state index in [4.69, 9.17) is 0 Å². The summed E-state index contributed by atoms with van der Waals surface area (Å²) in [6, 6.07) is 17.4. The number of nitrogens with zero attached hydrogens (tertiary/aromatic N) is 2. The van der Waals surface area contributed by atoms with Crippen molar-refractivity contribution in [3.8, 4) is 28.0 Å². The molecule has 1 aromatic heterocycles. The van der Waals surface area contributed by atoms with Crippen LogP contribution in [0, 0.1) is 0 Å². The zero-order chi connectivity index (χ0) is 28.0. The second-order valence-corrected chi connectivity index (χ2v) is 8.58. The fourth-order valence-corrected chi connectivity index (χ4v) is 3.93. The lowest BCUT2D eigenvalue weighted by Crippen LogP contribution is -2.28. The number of hydrogen-bond acceptors (Lipinski definition) is 5. The van der Waals surface area contributed by atoms with Crippen LogP contribution in [0.2, 0.25) is 0 Å². The molecule has 11 heteroatoms. The van der Waals surface area contributed by atoms with Crippen LogP contribution < -0.4 is 15.4 Å². The number of methoxy groups -OCH3 is 1. The van der Waals surface area contributed by atoms with E-state index in [1.807, 2.05) is 0 Å². The Kier molecular flexibility index (Phi) is 8.18. The highest BCUT2D eigenvalue weighted by Crippen LogP contribution is 2.40. The highest BCUT2D eigenvalue weighted by Gasteiger charge is 2.32. The molecule has 0 aliphatic carbocycles. The number of alkyl halides is 3. The first-order chi connectivity index (χ1) is 18.6. The molecule has 0 fully saturated rings. The van der Waals surface area contributed by atoms with E-state index in [1.165, 1.54) is 25.3 Å². The molecular formula is C28H25F3N4O4. The first kappa shape index (κ1) is 27.2. The number of para-hydroxylation sites is 1. The smallest absolute Gasteiger partial charge is 0.469 e. The summed E-state index contributed by atoms with van der Waals surface area (Å²) in [5.41, 5.74) is 3.95. The third-order valence-electron chi connectivity index (χ3n) is 5.75. The van der Waals surface area contributed by atoms with Crippen LogP contribution in [-0.4, -0.2) is 35.3 Å². The molecule has 202 valence electrons. The van der Waals surface area contributed by atoms with E-state index >= 15 is 0 Å². The van der Waals surface area contributed by atoms with Crippen molar-refractivity contribution in [1.29, 1.82) is 0 Å². The molecule has 8 nitrogen and oxygen atoms in total. The number of halogens is 3. The molecule has 2 amide bonds. The summed E-state index contributed by atoms with van der Waals surface area (Å²) < 4.78 is 49.6. The van der Waals surface area contributed by atoms with Gasteiger partial charge < -0.3 is 20.1 Å². The number of esters is 1. The minimum atomic E-state index is -4.86. The van der Waals surface area contributed by atoms with Crippen molar-refractivity contribution in [3.63, 3.8) is 0 Å². The molecule has 39 heavy (non-hydrogen) atoms. The highest BCUT2D eigenvalue weighted by atomic mass is 19.4. The predicted molar refractivity (Wildman–Crippen MR) is 139 cm³/mol. The fraction of sp³-hybridized carbons (Fsp3) is 0.179. The average Bonchev–Trinajstić information content (AvgIpc) is 3.34. The second kappa shape index (κ2) is 11.7. The number of urea groups is 1. The number of rotatable bonds is 8. The van der Waals surface area contributed by atoms with Gasteiger partial charge in [-0.15, -0.1) is 13.2 Å². The van der Waals surface area contributed by atoms with E-state index in [9.17, 15) is 22.8 Å². The number of amides is 2. The minimum absolute atomic E-state index is 0.159. The summed E-state index contributed by atoms with van der Waals surface area (Å²) in [4.78, 5) is 24.0. The Morgan fingerprint density at radius 2 is 1.67 bits per heavy atom. The van der Waals surface area contributed by atoms with E-state index in [-0.39, 0.29) is 30.2 Å². The van der Waals surface area contributed by atoms with Crippen LogP contribution >= 0.6 is 0 Å². The normalized spacial score (nSPS) is 11.1. The van der Waals surface area contributed by atoms with Gasteiger partial charge in [0, 0.05) is 36.6 Å². The second-order valence-electron chi connectivity index (χ2n) is 8.58. The Hall–Kier alpha value is -4.80. The molecule has 0 aliphatic heterocycles. The molecule has 0 spiro atoms. The lowest BCUT2D eigenvalue weighted by atomic mass is 9.95. The van der Waals surface area contributed by atoms with Crippen molar-refractivity contribution in [3.05, 3.63) is 90.3 Å². The lowest BCUT2D eigenvalue weighted by molar-refractivity contribution is -0.274. The van der Waals surface area contributed by atoms with E-state index < -0.39 is 12.4 Å². The van der Waals surface area contributed by atoms with Crippen LogP contribution in [0.5, 0.6) is 5.75 Å². The number of aryl methyl sites for hydroxylation is 1. The van der Waals surface area contributed by atoms with Crippen LogP contribution in [0.3, 0.4) is 0 Å². The third kappa shape index (κ3) is 7.37. The summed E-state index contributed by atoms with van der Waals surface area (Å²) in [7, 11) is 3.05. The van der Waals surface area contributed by atoms with E-state index in [0.717, 1.165) is 11.1 Å². The van der Waals surface area contributed by atoms with Gasteiger partial charge in [0.1, 0.15) is 5.75 Å². The van der Waals surface area contributed by atoms with Crippen LogP contribution in [-0.2, 0) is 29.5 Å². The largest absolute Gasteiger partial charge is 0.573 e. The summed E-state index contributed by atoms with van der Waals surface area (Å²) in [6.07, 6.45) is -1.39. The maximum Gasteiger partial charge on any atom is 0.573 e. The molecule has 4 rings (SSSR count). The zero-order valence-electron chi connectivity index (χ0n) is 21.1. The molecular weight excluding hydrogens is 513 g/mol. The molecule has 4 aromatic rings. The molecule has 2 N–H and O–H groups in total. The number of nitrogens with one attached hydrogen (secondary N) is 2. The van der Waals surface area contributed by atoms with Gasteiger partial charge in [-0.1, -0.05) is 48.5 Å². The van der Waals surface area contributed by atoms with Gasteiger partial charge >= 0.3 is 18.4 Å². The van der Waals surface area contributed by atoms with Crippen molar-refractivity contribution in [2.75, 3.05) is 12.4 Å². The van der Waals surface area contributed by atoms with Crippen LogP contribution in [0.25, 0.3) is 22.3 Å². The molecule has 0 saturated heterocycles. The Bertz CT molecular complexity index is 1470. The molecule has 0 unspecified atom stereocenters. The molecule has 0 aliphatic rings. The lowest BCUT2D eigenvalue weighted by Gasteiger charge is -2.17. The number of anilines is 1. The van der Waals surface area contributed by atoms with Crippen molar-refractivity contribution < 1.29 is 32.2 Å². The summed E-state index contributed by atoms with van der Waals surface area (Å²) in [6.45, 7) is 0.236. The van der Waals surface area contributed by atoms with Crippen LogP contribution in [0.15, 0.2) is 79.1 Å². The van der Waals surface area contributed by atoms with E-state index in [0.29, 0.717) is 22.4 Å². The van der Waals surface area contributed by atoms with Crippen LogP contribution in [0.1, 0.15) is 11.1 Å². The predicted octanol–water partition coefficient (Wildman–Crippen LogP) is 5.69.